The van der Waals surface area contributed by atoms with Gasteiger partial charge in [-0.05, 0) is 47.0 Å². The third kappa shape index (κ3) is 3.27. The number of fused-ring (bicyclic) bond motifs is 1. The highest BCUT2D eigenvalue weighted by Gasteiger charge is 2.15. The van der Waals surface area contributed by atoms with E-state index in [1.165, 1.54) is 19.2 Å². The van der Waals surface area contributed by atoms with Crippen LogP contribution < -0.4 is 0 Å². The van der Waals surface area contributed by atoms with E-state index in [4.69, 9.17) is 5.11 Å². The van der Waals surface area contributed by atoms with E-state index in [9.17, 15) is 19.5 Å². The zero-order valence-corrected chi connectivity index (χ0v) is 13.8. The Labute approximate surface area is 147 Å². The molecule has 3 rings (SSSR count). The summed E-state index contributed by atoms with van der Waals surface area (Å²) in [6.45, 7) is 0. The molecule has 0 saturated carbocycles. The molecule has 0 atom stereocenters. The molecule has 0 saturated heterocycles. The van der Waals surface area contributed by atoms with Crippen molar-refractivity contribution in [2.24, 2.45) is 0 Å². The molecule has 7 heteroatoms. The first-order chi connectivity index (χ1) is 12.4. The van der Waals surface area contributed by atoms with Crippen molar-refractivity contribution in [2.75, 3.05) is 7.11 Å². The Morgan fingerprint density at radius 2 is 1.73 bits per heavy atom. The van der Waals surface area contributed by atoms with Crippen molar-refractivity contribution in [3.05, 3.63) is 59.3 Å². The molecule has 0 fully saturated rings. The number of nitrogens with one attached hydrogen (secondary N) is 1. The number of aromatic amines is 1. The van der Waals surface area contributed by atoms with Gasteiger partial charge in [0.2, 0.25) is 0 Å². The van der Waals surface area contributed by atoms with Gasteiger partial charge in [0.15, 0.2) is 0 Å². The number of carboxylic acids is 2. The van der Waals surface area contributed by atoms with Gasteiger partial charge in [-0.15, -0.1) is 0 Å². The maximum Gasteiger partial charge on any atom is 0.337 e. The fraction of sp³-hybridized carbons (Fsp3) is 0.105. The molecule has 26 heavy (non-hydrogen) atoms. The van der Waals surface area contributed by atoms with Crippen LogP contribution in [0, 0.1) is 0 Å². The second-order valence-corrected chi connectivity index (χ2v) is 5.74. The van der Waals surface area contributed by atoms with Crippen LogP contribution in [0.25, 0.3) is 22.0 Å². The molecule has 0 bridgehead atoms. The fourth-order valence-corrected chi connectivity index (χ4v) is 2.82. The van der Waals surface area contributed by atoms with E-state index in [1.54, 1.807) is 30.5 Å². The number of carbonyl (C=O) groups is 3. The van der Waals surface area contributed by atoms with Crippen LogP contribution in [0.15, 0.2) is 42.6 Å². The first-order valence-corrected chi connectivity index (χ1v) is 7.68. The van der Waals surface area contributed by atoms with Crippen LogP contribution in [-0.4, -0.2) is 40.2 Å². The van der Waals surface area contributed by atoms with E-state index in [1.807, 2.05) is 0 Å². The van der Waals surface area contributed by atoms with E-state index in [0.29, 0.717) is 16.7 Å². The van der Waals surface area contributed by atoms with Crippen molar-refractivity contribution in [1.29, 1.82) is 0 Å². The summed E-state index contributed by atoms with van der Waals surface area (Å²) in [5.41, 5.74) is 2.67. The zero-order valence-electron chi connectivity index (χ0n) is 13.8. The third-order valence-electron chi connectivity index (χ3n) is 4.04. The van der Waals surface area contributed by atoms with E-state index in [2.05, 4.69) is 9.72 Å². The molecule has 132 valence electrons. The number of hydrogen-bond donors (Lipinski definition) is 3. The van der Waals surface area contributed by atoms with Crippen molar-refractivity contribution in [3.63, 3.8) is 0 Å². The van der Waals surface area contributed by atoms with Crippen molar-refractivity contribution in [3.8, 4) is 11.1 Å². The molecule has 0 unspecified atom stereocenters. The lowest BCUT2D eigenvalue weighted by Crippen LogP contribution is -2.05. The lowest BCUT2D eigenvalue weighted by atomic mass is 9.97. The predicted octanol–water partition coefficient (Wildman–Crippen LogP) is 2.95. The van der Waals surface area contributed by atoms with Crippen LogP contribution in [0.1, 0.15) is 26.3 Å². The maximum atomic E-state index is 11.8. The van der Waals surface area contributed by atoms with Crippen LogP contribution in [-0.2, 0) is 16.0 Å². The van der Waals surface area contributed by atoms with Gasteiger partial charge in [0.05, 0.1) is 24.7 Å². The Morgan fingerprint density at radius 3 is 2.38 bits per heavy atom. The molecule has 0 spiro atoms. The van der Waals surface area contributed by atoms with Gasteiger partial charge in [0.25, 0.3) is 0 Å². The highest BCUT2D eigenvalue weighted by atomic mass is 16.5. The molecule has 0 aliphatic carbocycles. The van der Waals surface area contributed by atoms with Crippen molar-refractivity contribution in [2.45, 2.75) is 6.42 Å². The normalized spacial score (nSPS) is 10.7. The summed E-state index contributed by atoms with van der Waals surface area (Å²) in [7, 11) is 1.22. The second-order valence-electron chi connectivity index (χ2n) is 5.74. The molecule has 1 aromatic heterocycles. The number of ether oxygens (including phenoxy) is 1. The summed E-state index contributed by atoms with van der Waals surface area (Å²) in [5.74, 6) is -2.74. The number of esters is 1. The molecule has 0 radical (unpaired) electrons. The second kappa shape index (κ2) is 6.72. The van der Waals surface area contributed by atoms with Crippen LogP contribution >= 0.6 is 0 Å². The van der Waals surface area contributed by atoms with Gasteiger partial charge in [-0.25, -0.2) is 9.59 Å². The molecule has 0 aliphatic heterocycles. The highest BCUT2D eigenvalue weighted by Crippen LogP contribution is 2.28. The number of benzene rings is 2. The minimum atomic E-state index is -1.16. The summed E-state index contributed by atoms with van der Waals surface area (Å²) < 4.78 is 4.68. The average Bonchev–Trinajstić information content (AvgIpc) is 3.02. The van der Waals surface area contributed by atoms with Crippen LogP contribution in [0.4, 0.5) is 0 Å². The predicted molar refractivity (Wildman–Crippen MR) is 93.4 cm³/mol. The van der Waals surface area contributed by atoms with Crippen LogP contribution in [0.3, 0.4) is 0 Å². The molecule has 0 aliphatic rings. The third-order valence-corrected chi connectivity index (χ3v) is 4.04. The number of hydrogen-bond acceptors (Lipinski definition) is 4. The zero-order chi connectivity index (χ0) is 18.8. The smallest absolute Gasteiger partial charge is 0.337 e. The number of carbonyl (C=O) groups excluding carboxylic acids is 1. The fourth-order valence-electron chi connectivity index (χ4n) is 2.82. The minimum Gasteiger partial charge on any atom is -0.481 e. The number of aromatic nitrogens is 1. The monoisotopic (exact) mass is 353 g/mol. The molecule has 3 N–H and O–H groups in total. The van der Waals surface area contributed by atoms with E-state index < -0.39 is 17.9 Å². The SMILES string of the molecule is COC(=O)c1cc(C(=O)O)cc(-c2ccc3[nH]cc(CC(=O)O)c3c2)c1. The molecule has 3 aromatic rings. The quantitative estimate of drug-likeness (QED) is 0.607. The van der Waals surface area contributed by atoms with Crippen molar-refractivity contribution >= 4 is 28.8 Å². The van der Waals surface area contributed by atoms with Crippen LogP contribution in [0.5, 0.6) is 0 Å². The summed E-state index contributed by atoms with van der Waals surface area (Å²) in [6, 6.07) is 9.57. The topological polar surface area (TPSA) is 117 Å². The van der Waals surface area contributed by atoms with Gasteiger partial charge < -0.3 is 19.9 Å². The molecule has 1 heterocycles. The molecular formula is C19H15NO6. The molecule has 2 aromatic carbocycles. The number of carboxylic acid groups (broad SMARTS) is 2. The van der Waals surface area contributed by atoms with Gasteiger partial charge in [-0.2, -0.15) is 0 Å². The van der Waals surface area contributed by atoms with Gasteiger partial charge in [0, 0.05) is 17.1 Å². The summed E-state index contributed by atoms with van der Waals surface area (Å²) in [4.78, 5) is 37.2. The van der Waals surface area contributed by atoms with Gasteiger partial charge in [-0.1, -0.05) is 6.07 Å². The molecular weight excluding hydrogens is 338 g/mol. The lowest BCUT2D eigenvalue weighted by molar-refractivity contribution is -0.136. The number of aromatic carboxylic acids is 1. The number of H-pyrrole nitrogens is 1. The number of methoxy groups -OCH3 is 1. The Balaban J connectivity index is 2.15. The molecule has 0 amide bonds. The Kier molecular flexibility index (Phi) is 4.45. The summed E-state index contributed by atoms with van der Waals surface area (Å²) in [6.07, 6.45) is 1.50. The maximum absolute atomic E-state index is 11.8. The van der Waals surface area contributed by atoms with E-state index in [-0.39, 0.29) is 17.5 Å². The largest absolute Gasteiger partial charge is 0.481 e. The van der Waals surface area contributed by atoms with E-state index >= 15 is 0 Å². The highest BCUT2D eigenvalue weighted by molar-refractivity contribution is 5.98. The van der Waals surface area contributed by atoms with Crippen molar-refractivity contribution < 1.29 is 29.3 Å². The minimum absolute atomic E-state index is 0.0391. The first kappa shape index (κ1) is 17.2. The van der Waals surface area contributed by atoms with Gasteiger partial charge in [0.1, 0.15) is 0 Å². The van der Waals surface area contributed by atoms with E-state index in [0.717, 1.165) is 10.9 Å². The standard InChI is InChI=1S/C19H15NO6/c1-26-19(25)13-5-11(4-12(6-13)18(23)24)10-2-3-16-15(7-10)14(9-20-16)8-17(21)22/h2-7,9,20H,8H2,1H3,(H,21,22)(H,23,24). The lowest BCUT2D eigenvalue weighted by Gasteiger charge is -2.08. The van der Waals surface area contributed by atoms with Crippen molar-refractivity contribution in [1.82, 2.24) is 4.98 Å². The molecule has 7 nitrogen and oxygen atoms in total. The Morgan fingerprint density at radius 1 is 1.00 bits per heavy atom. The Hall–Kier alpha value is -3.61. The number of rotatable bonds is 5. The first-order valence-electron chi connectivity index (χ1n) is 7.68. The summed E-state index contributed by atoms with van der Waals surface area (Å²) in [5, 5.41) is 19.0. The van der Waals surface area contributed by atoms with Gasteiger partial charge in [-0.3, -0.25) is 4.79 Å². The van der Waals surface area contributed by atoms with Crippen LogP contribution in [0.2, 0.25) is 0 Å². The summed E-state index contributed by atoms with van der Waals surface area (Å²) >= 11 is 0. The number of aliphatic carboxylic acids is 1. The van der Waals surface area contributed by atoms with Gasteiger partial charge >= 0.3 is 17.9 Å². The Bertz CT molecular complexity index is 1030. The average molecular weight is 353 g/mol.